The SMILES string of the molecule is Cc1ccc(NC(=O)c2ccccc2NC(=O)CCCCC(=O)Nc2ccccc2C(=O)Nc2ccc(C)c(C)c2)cc1C. The highest BCUT2D eigenvalue weighted by Crippen LogP contribution is 2.22. The Bertz CT molecular complexity index is 1570. The third-order valence-electron chi connectivity index (χ3n) is 7.48. The lowest BCUT2D eigenvalue weighted by Crippen LogP contribution is -2.19. The molecule has 0 atom stereocenters. The van der Waals surface area contributed by atoms with E-state index in [1.54, 1.807) is 48.5 Å². The van der Waals surface area contributed by atoms with E-state index in [0.29, 0.717) is 46.7 Å². The molecule has 0 radical (unpaired) electrons. The van der Waals surface area contributed by atoms with E-state index in [2.05, 4.69) is 21.3 Å². The Hall–Kier alpha value is -5.24. The van der Waals surface area contributed by atoms with Crippen molar-refractivity contribution in [2.75, 3.05) is 21.3 Å². The maximum Gasteiger partial charge on any atom is 0.257 e. The van der Waals surface area contributed by atoms with Gasteiger partial charge in [-0.05, 0) is 111 Å². The van der Waals surface area contributed by atoms with Crippen molar-refractivity contribution in [2.45, 2.75) is 53.4 Å². The molecule has 8 heteroatoms. The number of hydrogen-bond donors (Lipinski definition) is 4. The van der Waals surface area contributed by atoms with Crippen molar-refractivity contribution in [3.63, 3.8) is 0 Å². The second-order valence-corrected chi connectivity index (χ2v) is 10.9. The molecule has 0 aliphatic carbocycles. The number of para-hydroxylation sites is 2. The zero-order valence-corrected chi connectivity index (χ0v) is 25.5. The molecular formula is C36H38N4O4. The monoisotopic (exact) mass is 590 g/mol. The molecule has 0 aromatic heterocycles. The van der Waals surface area contributed by atoms with E-state index >= 15 is 0 Å². The average Bonchev–Trinajstić information content (AvgIpc) is 2.99. The lowest BCUT2D eigenvalue weighted by Gasteiger charge is -2.13. The zero-order valence-electron chi connectivity index (χ0n) is 25.5. The van der Waals surface area contributed by atoms with Gasteiger partial charge in [-0.15, -0.1) is 0 Å². The van der Waals surface area contributed by atoms with E-state index in [0.717, 1.165) is 22.3 Å². The number of rotatable bonds is 11. The van der Waals surface area contributed by atoms with Crippen LogP contribution in [0.25, 0.3) is 0 Å². The van der Waals surface area contributed by atoms with Crippen molar-refractivity contribution < 1.29 is 19.2 Å². The van der Waals surface area contributed by atoms with Crippen LogP contribution >= 0.6 is 0 Å². The van der Waals surface area contributed by atoms with Crippen molar-refractivity contribution in [1.29, 1.82) is 0 Å². The Balaban J connectivity index is 1.25. The van der Waals surface area contributed by atoms with Crippen molar-refractivity contribution in [2.24, 2.45) is 0 Å². The smallest absolute Gasteiger partial charge is 0.257 e. The van der Waals surface area contributed by atoms with Crippen molar-refractivity contribution in [1.82, 2.24) is 0 Å². The number of hydrogen-bond acceptors (Lipinski definition) is 4. The van der Waals surface area contributed by atoms with Gasteiger partial charge in [-0.25, -0.2) is 0 Å². The van der Waals surface area contributed by atoms with Crippen LogP contribution in [-0.4, -0.2) is 23.6 Å². The Morgan fingerprint density at radius 2 is 0.864 bits per heavy atom. The average molecular weight is 591 g/mol. The Morgan fingerprint density at radius 1 is 0.477 bits per heavy atom. The lowest BCUT2D eigenvalue weighted by molar-refractivity contribution is -0.118. The number of amides is 4. The number of aryl methyl sites for hydroxylation is 4. The molecule has 8 nitrogen and oxygen atoms in total. The van der Waals surface area contributed by atoms with Crippen molar-refractivity contribution in [3.8, 4) is 0 Å². The van der Waals surface area contributed by atoms with Crippen molar-refractivity contribution in [3.05, 3.63) is 118 Å². The van der Waals surface area contributed by atoms with E-state index in [1.165, 1.54) is 0 Å². The second kappa shape index (κ2) is 14.8. The molecule has 226 valence electrons. The van der Waals surface area contributed by atoms with Crippen LogP contribution in [0.1, 0.15) is 68.7 Å². The number of unbranched alkanes of at least 4 members (excludes halogenated alkanes) is 1. The van der Waals surface area contributed by atoms with Crippen LogP contribution in [0.5, 0.6) is 0 Å². The van der Waals surface area contributed by atoms with Gasteiger partial charge < -0.3 is 21.3 Å². The van der Waals surface area contributed by atoms with E-state index < -0.39 is 0 Å². The fourth-order valence-electron chi connectivity index (χ4n) is 4.61. The third-order valence-corrected chi connectivity index (χ3v) is 7.48. The Kier molecular flexibility index (Phi) is 10.6. The molecule has 0 saturated heterocycles. The Labute approximate surface area is 258 Å². The summed E-state index contributed by atoms with van der Waals surface area (Å²) in [6.07, 6.45) is 1.33. The van der Waals surface area contributed by atoms with Gasteiger partial charge in [-0.2, -0.15) is 0 Å². The summed E-state index contributed by atoms with van der Waals surface area (Å²) >= 11 is 0. The second-order valence-electron chi connectivity index (χ2n) is 10.9. The van der Waals surface area contributed by atoms with Crippen LogP contribution in [0, 0.1) is 27.7 Å². The highest BCUT2D eigenvalue weighted by molar-refractivity contribution is 6.11. The largest absolute Gasteiger partial charge is 0.325 e. The summed E-state index contributed by atoms with van der Waals surface area (Å²) in [6, 6.07) is 25.1. The van der Waals surface area contributed by atoms with Crippen LogP contribution < -0.4 is 21.3 Å². The van der Waals surface area contributed by atoms with Gasteiger partial charge in [-0.1, -0.05) is 36.4 Å². The van der Waals surface area contributed by atoms with Crippen LogP contribution in [0.15, 0.2) is 84.9 Å². The maximum atomic E-state index is 12.9. The van der Waals surface area contributed by atoms with Gasteiger partial charge in [0.1, 0.15) is 0 Å². The minimum atomic E-state index is -0.316. The lowest BCUT2D eigenvalue weighted by atomic mass is 10.1. The quantitative estimate of drug-likeness (QED) is 0.135. The molecule has 0 aliphatic heterocycles. The molecule has 0 bridgehead atoms. The van der Waals surface area contributed by atoms with E-state index in [4.69, 9.17) is 0 Å². The molecule has 4 aromatic carbocycles. The molecule has 0 unspecified atom stereocenters. The fourth-order valence-corrected chi connectivity index (χ4v) is 4.61. The minimum absolute atomic E-state index is 0.190. The fraction of sp³-hybridized carbons (Fsp3) is 0.222. The molecule has 4 aromatic rings. The summed E-state index contributed by atoms with van der Waals surface area (Å²) in [5.41, 5.74) is 7.34. The maximum absolute atomic E-state index is 12.9. The summed E-state index contributed by atoms with van der Waals surface area (Å²) in [4.78, 5) is 51.3. The standard InChI is InChI=1S/C36H38N4O4/c1-23-17-19-27(21-25(23)3)37-35(43)29-11-5-7-13-31(29)39-33(41)15-9-10-16-34(42)40-32-14-8-6-12-30(32)36(44)38-28-20-18-24(2)26(4)22-28/h5-8,11-14,17-22H,9-10,15-16H2,1-4H3,(H,37,43)(H,38,44)(H,39,41)(H,40,42). The van der Waals surface area contributed by atoms with Gasteiger partial charge in [0.05, 0.1) is 22.5 Å². The molecule has 0 aliphatic rings. The van der Waals surface area contributed by atoms with E-state index in [1.807, 2.05) is 64.1 Å². The first-order chi connectivity index (χ1) is 21.1. The van der Waals surface area contributed by atoms with Gasteiger partial charge in [0, 0.05) is 24.2 Å². The van der Waals surface area contributed by atoms with Crippen LogP contribution in [0.4, 0.5) is 22.7 Å². The topological polar surface area (TPSA) is 116 Å². The van der Waals surface area contributed by atoms with Gasteiger partial charge in [-0.3, -0.25) is 19.2 Å². The van der Waals surface area contributed by atoms with E-state index in [-0.39, 0.29) is 36.5 Å². The van der Waals surface area contributed by atoms with Gasteiger partial charge in [0.2, 0.25) is 11.8 Å². The summed E-state index contributed by atoms with van der Waals surface area (Å²) in [6.45, 7) is 7.97. The van der Waals surface area contributed by atoms with Crippen LogP contribution in [0.3, 0.4) is 0 Å². The molecule has 0 spiro atoms. The summed E-state index contributed by atoms with van der Waals surface area (Å²) in [5.74, 6) is -1.12. The van der Waals surface area contributed by atoms with Gasteiger partial charge in [0.15, 0.2) is 0 Å². The molecule has 4 amide bonds. The molecule has 0 saturated carbocycles. The predicted octanol–water partition coefficient (Wildman–Crippen LogP) is 7.56. The number of benzene rings is 4. The van der Waals surface area contributed by atoms with Gasteiger partial charge in [0.25, 0.3) is 11.8 Å². The summed E-state index contributed by atoms with van der Waals surface area (Å²) < 4.78 is 0. The molecule has 4 rings (SSSR count). The highest BCUT2D eigenvalue weighted by Gasteiger charge is 2.16. The van der Waals surface area contributed by atoms with E-state index in [9.17, 15) is 19.2 Å². The third kappa shape index (κ3) is 8.64. The molecule has 4 N–H and O–H groups in total. The number of carbonyl (C=O) groups is 4. The first-order valence-electron chi connectivity index (χ1n) is 14.7. The normalized spacial score (nSPS) is 10.5. The number of nitrogens with one attached hydrogen (secondary N) is 4. The molecular weight excluding hydrogens is 552 g/mol. The number of carbonyl (C=O) groups excluding carboxylic acids is 4. The minimum Gasteiger partial charge on any atom is -0.325 e. The first-order valence-corrected chi connectivity index (χ1v) is 14.7. The molecule has 0 fully saturated rings. The highest BCUT2D eigenvalue weighted by atomic mass is 16.2. The zero-order chi connectivity index (χ0) is 31.6. The Morgan fingerprint density at radius 3 is 1.25 bits per heavy atom. The van der Waals surface area contributed by atoms with Crippen LogP contribution in [0.2, 0.25) is 0 Å². The first kappa shape index (κ1) is 31.7. The number of anilines is 4. The van der Waals surface area contributed by atoms with Gasteiger partial charge >= 0.3 is 0 Å². The van der Waals surface area contributed by atoms with Crippen molar-refractivity contribution >= 4 is 46.4 Å². The summed E-state index contributed by atoms with van der Waals surface area (Å²) in [7, 11) is 0. The molecule has 0 heterocycles. The molecule has 44 heavy (non-hydrogen) atoms. The predicted molar refractivity (Wildman–Crippen MR) is 176 cm³/mol. The van der Waals surface area contributed by atoms with Crippen LogP contribution in [-0.2, 0) is 9.59 Å². The summed E-state index contributed by atoms with van der Waals surface area (Å²) in [5, 5.41) is 11.4.